The van der Waals surface area contributed by atoms with Crippen molar-refractivity contribution < 1.29 is 12.8 Å². The largest absolute Gasteiger partial charge is 0.444 e. The number of aromatic nitrogens is 1. The highest BCUT2D eigenvalue weighted by Crippen LogP contribution is 2.21. The SMILES string of the molecule is Cc1ccc(-c2nc(CCNS(=O)(=O)c3ccccc3Cl)co2)cc1. The zero-order valence-electron chi connectivity index (χ0n) is 13.6. The van der Waals surface area contributed by atoms with E-state index in [1.807, 2.05) is 31.2 Å². The van der Waals surface area contributed by atoms with Crippen LogP contribution in [0.2, 0.25) is 5.02 Å². The lowest BCUT2D eigenvalue weighted by molar-refractivity contribution is 0.570. The zero-order chi connectivity index (χ0) is 17.9. The van der Waals surface area contributed by atoms with Gasteiger partial charge in [-0.2, -0.15) is 0 Å². The average Bonchev–Trinajstić information content (AvgIpc) is 3.04. The Bertz CT molecular complexity index is 966. The average molecular weight is 377 g/mol. The van der Waals surface area contributed by atoms with Gasteiger partial charge >= 0.3 is 0 Å². The lowest BCUT2D eigenvalue weighted by atomic mass is 10.1. The summed E-state index contributed by atoms with van der Waals surface area (Å²) in [5.74, 6) is 0.518. The molecule has 1 aromatic heterocycles. The molecule has 0 radical (unpaired) electrons. The van der Waals surface area contributed by atoms with Gasteiger partial charge in [-0.1, -0.05) is 41.4 Å². The topological polar surface area (TPSA) is 72.2 Å². The Morgan fingerprint density at radius 3 is 2.56 bits per heavy atom. The Morgan fingerprint density at radius 1 is 1.12 bits per heavy atom. The van der Waals surface area contributed by atoms with Crippen LogP contribution in [-0.2, 0) is 16.4 Å². The van der Waals surface area contributed by atoms with E-state index in [2.05, 4.69) is 9.71 Å². The lowest BCUT2D eigenvalue weighted by Crippen LogP contribution is -2.26. The van der Waals surface area contributed by atoms with Crippen molar-refractivity contribution in [3.63, 3.8) is 0 Å². The van der Waals surface area contributed by atoms with Gasteiger partial charge in [-0.15, -0.1) is 0 Å². The predicted octanol–water partition coefficient (Wildman–Crippen LogP) is 3.82. The highest BCUT2D eigenvalue weighted by molar-refractivity contribution is 7.89. The fourth-order valence-electron chi connectivity index (χ4n) is 2.30. The van der Waals surface area contributed by atoms with Crippen LogP contribution in [0, 0.1) is 6.92 Å². The minimum Gasteiger partial charge on any atom is -0.444 e. The second kappa shape index (κ2) is 7.39. The Morgan fingerprint density at radius 2 is 1.84 bits per heavy atom. The minimum atomic E-state index is -3.65. The van der Waals surface area contributed by atoms with Crippen molar-refractivity contribution in [2.24, 2.45) is 0 Å². The molecule has 0 saturated heterocycles. The lowest BCUT2D eigenvalue weighted by Gasteiger charge is -2.07. The summed E-state index contributed by atoms with van der Waals surface area (Å²) in [6.45, 7) is 2.21. The first kappa shape index (κ1) is 17.7. The number of hydrogen-bond acceptors (Lipinski definition) is 4. The number of hydrogen-bond donors (Lipinski definition) is 1. The molecule has 0 fully saturated rings. The molecule has 0 atom stereocenters. The molecule has 0 bridgehead atoms. The first-order chi connectivity index (χ1) is 12.0. The summed E-state index contributed by atoms with van der Waals surface area (Å²) < 4.78 is 32.5. The molecule has 0 unspecified atom stereocenters. The zero-order valence-corrected chi connectivity index (χ0v) is 15.1. The number of nitrogens with one attached hydrogen (secondary N) is 1. The van der Waals surface area contributed by atoms with E-state index in [1.54, 1.807) is 24.5 Å². The van der Waals surface area contributed by atoms with Crippen molar-refractivity contribution in [3.05, 3.63) is 71.1 Å². The fourth-order valence-corrected chi connectivity index (χ4v) is 3.85. The van der Waals surface area contributed by atoms with Gasteiger partial charge in [-0.05, 0) is 31.2 Å². The minimum absolute atomic E-state index is 0.0668. The highest BCUT2D eigenvalue weighted by Gasteiger charge is 2.17. The van der Waals surface area contributed by atoms with Crippen molar-refractivity contribution in [1.29, 1.82) is 0 Å². The second-order valence-corrected chi connectivity index (χ2v) is 7.73. The van der Waals surface area contributed by atoms with Crippen molar-refractivity contribution in [2.75, 3.05) is 6.54 Å². The molecule has 3 rings (SSSR count). The van der Waals surface area contributed by atoms with Gasteiger partial charge in [-0.3, -0.25) is 0 Å². The van der Waals surface area contributed by atoms with E-state index < -0.39 is 10.0 Å². The molecule has 0 aliphatic heterocycles. The van der Waals surface area contributed by atoms with Crippen LogP contribution in [0.5, 0.6) is 0 Å². The summed E-state index contributed by atoms with van der Waals surface area (Å²) >= 11 is 5.94. The number of sulfonamides is 1. The monoisotopic (exact) mass is 376 g/mol. The van der Waals surface area contributed by atoms with Gasteiger partial charge in [0, 0.05) is 18.5 Å². The van der Waals surface area contributed by atoms with Gasteiger partial charge in [0.25, 0.3) is 0 Å². The van der Waals surface area contributed by atoms with Gasteiger partial charge in [0.05, 0.1) is 10.7 Å². The van der Waals surface area contributed by atoms with Crippen LogP contribution in [0.1, 0.15) is 11.3 Å². The van der Waals surface area contributed by atoms with Crippen molar-refractivity contribution in [2.45, 2.75) is 18.2 Å². The van der Waals surface area contributed by atoms with Crippen molar-refractivity contribution in [3.8, 4) is 11.5 Å². The molecule has 7 heteroatoms. The van der Waals surface area contributed by atoms with Crippen LogP contribution in [0.25, 0.3) is 11.5 Å². The molecule has 1 heterocycles. The van der Waals surface area contributed by atoms with Gasteiger partial charge in [0.1, 0.15) is 11.2 Å². The van der Waals surface area contributed by atoms with Gasteiger partial charge in [0.2, 0.25) is 15.9 Å². The summed E-state index contributed by atoms with van der Waals surface area (Å²) in [7, 11) is -3.65. The highest BCUT2D eigenvalue weighted by atomic mass is 35.5. The third kappa shape index (κ3) is 4.28. The predicted molar refractivity (Wildman–Crippen MR) is 97.0 cm³/mol. The van der Waals surface area contributed by atoms with Crippen LogP contribution in [-0.4, -0.2) is 19.9 Å². The van der Waals surface area contributed by atoms with Crippen LogP contribution in [0.4, 0.5) is 0 Å². The van der Waals surface area contributed by atoms with Crippen LogP contribution >= 0.6 is 11.6 Å². The van der Waals surface area contributed by atoms with Crippen LogP contribution in [0.15, 0.2) is 64.1 Å². The summed E-state index contributed by atoms with van der Waals surface area (Å²) in [5.41, 5.74) is 2.72. The quantitative estimate of drug-likeness (QED) is 0.709. The number of benzene rings is 2. The number of rotatable bonds is 6. The molecule has 2 aromatic carbocycles. The third-order valence-corrected chi connectivity index (χ3v) is 5.61. The van der Waals surface area contributed by atoms with E-state index in [9.17, 15) is 8.42 Å². The maximum Gasteiger partial charge on any atom is 0.242 e. The Balaban J connectivity index is 1.63. The van der Waals surface area contributed by atoms with Crippen LogP contribution in [0.3, 0.4) is 0 Å². The molecular weight excluding hydrogens is 360 g/mol. The smallest absolute Gasteiger partial charge is 0.242 e. The number of nitrogens with zero attached hydrogens (tertiary/aromatic N) is 1. The molecular formula is C18H17ClN2O3S. The molecule has 0 saturated carbocycles. The van der Waals surface area contributed by atoms with Gasteiger partial charge in [0.15, 0.2) is 0 Å². The third-order valence-electron chi connectivity index (χ3n) is 3.65. The standard InChI is InChI=1S/C18H17ClN2O3S/c1-13-6-8-14(9-7-13)18-21-15(12-24-18)10-11-20-25(22,23)17-5-3-2-4-16(17)19/h2-9,12,20H,10-11H2,1H3. The summed E-state index contributed by atoms with van der Waals surface area (Å²) in [4.78, 5) is 4.46. The summed E-state index contributed by atoms with van der Waals surface area (Å²) in [6, 6.07) is 14.2. The molecule has 25 heavy (non-hydrogen) atoms. The Kier molecular flexibility index (Phi) is 5.22. The van der Waals surface area contributed by atoms with Crippen molar-refractivity contribution >= 4 is 21.6 Å². The first-order valence-electron chi connectivity index (χ1n) is 7.71. The van der Waals surface area contributed by atoms with E-state index in [4.69, 9.17) is 16.0 Å². The Labute approximate surface area is 151 Å². The molecule has 0 aliphatic carbocycles. The van der Waals surface area contributed by atoms with Crippen LogP contribution < -0.4 is 4.72 Å². The maximum atomic E-state index is 12.3. The van der Waals surface area contributed by atoms with Gasteiger partial charge < -0.3 is 4.42 Å². The normalized spacial score (nSPS) is 11.6. The van der Waals surface area contributed by atoms with E-state index in [-0.39, 0.29) is 16.5 Å². The summed E-state index contributed by atoms with van der Waals surface area (Å²) in [6.07, 6.45) is 1.96. The van der Waals surface area contributed by atoms with E-state index in [0.717, 1.165) is 11.1 Å². The second-order valence-electron chi connectivity index (χ2n) is 5.59. The molecule has 5 nitrogen and oxygen atoms in total. The molecule has 130 valence electrons. The summed E-state index contributed by atoms with van der Waals surface area (Å²) in [5, 5.41) is 0.193. The maximum absolute atomic E-state index is 12.3. The molecule has 0 amide bonds. The first-order valence-corrected chi connectivity index (χ1v) is 9.57. The number of halogens is 1. The number of aryl methyl sites for hydroxylation is 1. The molecule has 0 aliphatic rings. The Hall–Kier alpha value is -2.15. The van der Waals surface area contributed by atoms with E-state index in [0.29, 0.717) is 18.0 Å². The molecule has 3 aromatic rings. The van der Waals surface area contributed by atoms with E-state index in [1.165, 1.54) is 6.07 Å². The van der Waals surface area contributed by atoms with E-state index >= 15 is 0 Å². The fraction of sp³-hybridized carbons (Fsp3) is 0.167. The molecule has 1 N–H and O–H groups in total. The van der Waals surface area contributed by atoms with Gasteiger partial charge in [-0.25, -0.2) is 18.1 Å². The van der Waals surface area contributed by atoms with Crippen molar-refractivity contribution in [1.82, 2.24) is 9.71 Å². The number of oxazole rings is 1. The molecule has 0 spiro atoms.